The van der Waals surface area contributed by atoms with Gasteiger partial charge in [-0.2, -0.15) is 0 Å². The van der Waals surface area contributed by atoms with Gasteiger partial charge in [0.2, 0.25) is 5.91 Å². The fourth-order valence-corrected chi connectivity index (χ4v) is 4.44. The zero-order valence-corrected chi connectivity index (χ0v) is 14.7. The highest BCUT2D eigenvalue weighted by atomic mass is 32.2. The fraction of sp³-hybridized carbons (Fsp3) is 0.474. The first-order valence-corrected chi connectivity index (χ1v) is 9.32. The van der Waals surface area contributed by atoms with E-state index in [1.807, 2.05) is 49.3 Å². The normalized spacial score (nSPS) is 17.1. The van der Waals surface area contributed by atoms with Crippen LogP contribution in [0.25, 0.3) is 10.9 Å². The highest BCUT2D eigenvalue weighted by molar-refractivity contribution is 8.00. The number of thioether (sulfide) groups is 1. The van der Waals surface area contributed by atoms with Crippen molar-refractivity contribution in [1.82, 2.24) is 9.88 Å². The molecule has 1 aliphatic carbocycles. The Hall–Kier alpha value is -1.55. The van der Waals surface area contributed by atoms with Gasteiger partial charge in [-0.25, -0.2) is 0 Å². The maximum absolute atomic E-state index is 12.8. The molecule has 1 fully saturated rings. The van der Waals surface area contributed by atoms with Crippen molar-refractivity contribution < 1.29 is 4.79 Å². The van der Waals surface area contributed by atoms with Gasteiger partial charge in [0.05, 0.1) is 10.8 Å². The van der Waals surface area contributed by atoms with Crippen molar-refractivity contribution in [3.8, 4) is 0 Å². The molecular formula is C19H24N2OS. The summed E-state index contributed by atoms with van der Waals surface area (Å²) in [7, 11) is 1.97. The quantitative estimate of drug-likeness (QED) is 0.774. The first-order valence-electron chi connectivity index (χ1n) is 8.44. The van der Waals surface area contributed by atoms with Gasteiger partial charge in [-0.3, -0.25) is 9.78 Å². The number of hydrogen-bond donors (Lipinski definition) is 0. The van der Waals surface area contributed by atoms with Crippen LogP contribution in [0.15, 0.2) is 41.4 Å². The van der Waals surface area contributed by atoms with E-state index in [1.54, 1.807) is 11.8 Å². The SMILES string of the molecule is CC(Sc1ccnc2ccccc12)C(=O)N(C)C1CCCCC1. The monoisotopic (exact) mass is 328 g/mol. The Morgan fingerprint density at radius 2 is 1.96 bits per heavy atom. The first-order chi connectivity index (χ1) is 11.2. The number of carbonyl (C=O) groups is 1. The van der Waals surface area contributed by atoms with E-state index in [1.165, 1.54) is 19.3 Å². The van der Waals surface area contributed by atoms with Crippen LogP contribution in [0.5, 0.6) is 0 Å². The van der Waals surface area contributed by atoms with Gasteiger partial charge in [0.25, 0.3) is 0 Å². The van der Waals surface area contributed by atoms with Crippen molar-refractivity contribution >= 4 is 28.6 Å². The van der Waals surface area contributed by atoms with Crippen LogP contribution in [0.2, 0.25) is 0 Å². The number of amides is 1. The number of fused-ring (bicyclic) bond motifs is 1. The Labute approximate surface area is 142 Å². The standard InChI is InChI=1S/C19H24N2OS/c1-14(19(22)21(2)15-8-4-3-5-9-15)23-18-12-13-20-17-11-7-6-10-16(17)18/h6-7,10-15H,3-5,8-9H2,1-2H3. The number of hydrogen-bond acceptors (Lipinski definition) is 3. The van der Waals surface area contributed by atoms with Gasteiger partial charge in [-0.1, -0.05) is 37.5 Å². The molecule has 0 radical (unpaired) electrons. The Morgan fingerprint density at radius 1 is 1.22 bits per heavy atom. The van der Waals surface area contributed by atoms with Crippen LogP contribution in [-0.2, 0) is 4.79 Å². The van der Waals surface area contributed by atoms with Gasteiger partial charge < -0.3 is 4.90 Å². The average molecular weight is 328 g/mol. The summed E-state index contributed by atoms with van der Waals surface area (Å²) in [5, 5.41) is 1.05. The van der Waals surface area contributed by atoms with E-state index >= 15 is 0 Å². The summed E-state index contributed by atoms with van der Waals surface area (Å²) in [6, 6.07) is 10.5. The Morgan fingerprint density at radius 3 is 2.74 bits per heavy atom. The third kappa shape index (κ3) is 3.69. The summed E-state index contributed by atoms with van der Waals surface area (Å²) < 4.78 is 0. The Bertz CT molecular complexity index is 677. The molecule has 3 rings (SSSR count). The van der Waals surface area contributed by atoms with Crippen LogP contribution in [0.1, 0.15) is 39.0 Å². The van der Waals surface area contributed by atoms with Gasteiger partial charge >= 0.3 is 0 Å². The number of pyridine rings is 1. The zero-order chi connectivity index (χ0) is 16.2. The highest BCUT2D eigenvalue weighted by Crippen LogP contribution is 2.31. The lowest BCUT2D eigenvalue weighted by atomic mass is 9.94. The summed E-state index contributed by atoms with van der Waals surface area (Å²) in [6.45, 7) is 2.02. The van der Waals surface area contributed by atoms with Crippen molar-refractivity contribution in [2.24, 2.45) is 0 Å². The average Bonchev–Trinajstić information content (AvgIpc) is 2.61. The molecule has 1 aromatic carbocycles. The molecule has 1 saturated carbocycles. The van der Waals surface area contributed by atoms with Crippen LogP contribution in [0.4, 0.5) is 0 Å². The topological polar surface area (TPSA) is 33.2 Å². The second-order valence-electron chi connectivity index (χ2n) is 6.33. The van der Waals surface area contributed by atoms with Crippen LogP contribution in [-0.4, -0.2) is 34.1 Å². The molecule has 1 heterocycles. The summed E-state index contributed by atoms with van der Waals surface area (Å²) in [6.07, 6.45) is 7.94. The minimum atomic E-state index is -0.0762. The second-order valence-corrected chi connectivity index (χ2v) is 7.71. The third-order valence-electron chi connectivity index (χ3n) is 4.73. The minimum Gasteiger partial charge on any atom is -0.342 e. The van der Waals surface area contributed by atoms with Crippen LogP contribution in [0, 0.1) is 0 Å². The summed E-state index contributed by atoms with van der Waals surface area (Å²) >= 11 is 1.64. The first kappa shape index (κ1) is 16.3. The molecular weight excluding hydrogens is 304 g/mol. The van der Waals surface area contributed by atoms with Crippen molar-refractivity contribution in [3.05, 3.63) is 36.5 Å². The van der Waals surface area contributed by atoms with Gasteiger partial charge in [0.1, 0.15) is 0 Å². The molecule has 1 aromatic heterocycles. The lowest BCUT2D eigenvalue weighted by Crippen LogP contribution is -2.42. The second kappa shape index (κ2) is 7.35. The number of benzene rings is 1. The number of para-hydroxylation sites is 1. The Kier molecular flexibility index (Phi) is 5.21. The molecule has 3 nitrogen and oxygen atoms in total. The molecule has 2 aromatic rings. The maximum atomic E-state index is 12.8. The molecule has 0 spiro atoms. The van der Waals surface area contributed by atoms with Crippen LogP contribution < -0.4 is 0 Å². The van der Waals surface area contributed by atoms with Crippen LogP contribution >= 0.6 is 11.8 Å². The van der Waals surface area contributed by atoms with Gasteiger partial charge in [0, 0.05) is 29.6 Å². The van der Waals surface area contributed by atoms with E-state index in [2.05, 4.69) is 11.1 Å². The third-order valence-corrected chi connectivity index (χ3v) is 5.90. The molecule has 1 amide bonds. The highest BCUT2D eigenvalue weighted by Gasteiger charge is 2.26. The summed E-state index contributed by atoms with van der Waals surface area (Å²) in [5.74, 6) is 0.239. The van der Waals surface area contributed by atoms with Crippen molar-refractivity contribution in [1.29, 1.82) is 0 Å². The fourth-order valence-electron chi connectivity index (χ4n) is 3.35. The molecule has 0 saturated heterocycles. The number of carbonyl (C=O) groups excluding carboxylic acids is 1. The van der Waals surface area contributed by atoms with Crippen molar-refractivity contribution in [2.45, 2.75) is 55.2 Å². The van der Waals surface area contributed by atoms with Crippen molar-refractivity contribution in [3.63, 3.8) is 0 Å². The maximum Gasteiger partial charge on any atom is 0.235 e. The predicted octanol–water partition coefficient (Wildman–Crippen LogP) is 4.51. The summed E-state index contributed by atoms with van der Waals surface area (Å²) in [4.78, 5) is 20.3. The zero-order valence-electron chi connectivity index (χ0n) is 13.9. The molecule has 0 N–H and O–H groups in total. The van der Waals surface area contributed by atoms with Crippen LogP contribution in [0.3, 0.4) is 0 Å². The molecule has 23 heavy (non-hydrogen) atoms. The van der Waals surface area contributed by atoms with E-state index in [4.69, 9.17) is 0 Å². The minimum absolute atomic E-state index is 0.0762. The van der Waals surface area contributed by atoms with E-state index in [0.717, 1.165) is 28.6 Å². The lowest BCUT2D eigenvalue weighted by Gasteiger charge is -2.32. The predicted molar refractivity (Wildman–Crippen MR) is 96.7 cm³/mol. The van der Waals surface area contributed by atoms with Gasteiger partial charge in [-0.05, 0) is 31.9 Å². The molecule has 122 valence electrons. The largest absolute Gasteiger partial charge is 0.342 e. The molecule has 1 atom stereocenters. The summed E-state index contributed by atoms with van der Waals surface area (Å²) in [5.41, 5.74) is 0.984. The van der Waals surface area contributed by atoms with E-state index in [0.29, 0.717) is 6.04 Å². The van der Waals surface area contributed by atoms with E-state index in [-0.39, 0.29) is 11.2 Å². The number of aromatic nitrogens is 1. The molecule has 0 aliphatic heterocycles. The van der Waals surface area contributed by atoms with Crippen molar-refractivity contribution in [2.75, 3.05) is 7.05 Å². The van der Waals surface area contributed by atoms with Gasteiger partial charge in [0.15, 0.2) is 0 Å². The number of nitrogens with zero attached hydrogens (tertiary/aromatic N) is 2. The smallest absolute Gasteiger partial charge is 0.235 e. The molecule has 4 heteroatoms. The van der Waals surface area contributed by atoms with E-state index in [9.17, 15) is 4.79 Å². The number of rotatable bonds is 4. The van der Waals surface area contributed by atoms with E-state index < -0.39 is 0 Å². The molecule has 1 aliphatic rings. The lowest BCUT2D eigenvalue weighted by molar-refractivity contribution is -0.131. The Balaban J connectivity index is 1.72. The molecule has 1 unspecified atom stereocenters. The molecule has 0 bridgehead atoms. The van der Waals surface area contributed by atoms with Gasteiger partial charge in [-0.15, -0.1) is 11.8 Å².